The van der Waals surface area contributed by atoms with Gasteiger partial charge in [-0.05, 0) is 72.4 Å². The summed E-state index contributed by atoms with van der Waals surface area (Å²) in [6.07, 6.45) is -4.12. The van der Waals surface area contributed by atoms with E-state index >= 15 is 0 Å². The summed E-state index contributed by atoms with van der Waals surface area (Å²) in [5.74, 6) is -1.41. The molecule has 1 heterocycles. The number of hydrogen-bond acceptors (Lipinski definition) is 4. The number of nitrogens with one attached hydrogen (secondary N) is 2. The Morgan fingerprint density at radius 3 is 2.30 bits per heavy atom. The highest BCUT2D eigenvalue weighted by Gasteiger charge is 2.28. The van der Waals surface area contributed by atoms with Crippen molar-refractivity contribution in [1.29, 1.82) is 0 Å². The summed E-state index contributed by atoms with van der Waals surface area (Å²) in [5.41, 5.74) is 1.03. The van der Waals surface area contributed by atoms with Crippen LogP contribution in [0.2, 0.25) is 0 Å². The molecule has 0 radical (unpaired) electrons. The molecule has 0 spiro atoms. The zero-order chi connectivity index (χ0) is 28.6. The van der Waals surface area contributed by atoms with Gasteiger partial charge < -0.3 is 15.7 Å². The fourth-order valence-corrected chi connectivity index (χ4v) is 4.63. The number of hydrogen-bond donors (Lipinski definition) is 3. The summed E-state index contributed by atoms with van der Waals surface area (Å²) in [6, 6.07) is 12.5. The van der Waals surface area contributed by atoms with E-state index in [1.165, 1.54) is 22.8 Å². The van der Waals surface area contributed by atoms with Gasteiger partial charge in [0.2, 0.25) is 0 Å². The van der Waals surface area contributed by atoms with Gasteiger partial charge in [-0.2, -0.15) is 13.2 Å². The van der Waals surface area contributed by atoms with Crippen molar-refractivity contribution in [3.8, 4) is 5.69 Å². The van der Waals surface area contributed by atoms with Crippen LogP contribution in [0.3, 0.4) is 0 Å². The topological polar surface area (TPSA) is 96.2 Å². The zero-order valence-corrected chi connectivity index (χ0v) is 20.8. The van der Waals surface area contributed by atoms with Crippen LogP contribution in [-0.4, -0.2) is 33.5 Å². The van der Waals surface area contributed by atoms with E-state index in [1.54, 1.807) is 12.1 Å². The first kappa shape index (κ1) is 27.1. The number of alkyl halides is 3. The van der Waals surface area contributed by atoms with Gasteiger partial charge in [0.1, 0.15) is 24.0 Å². The third kappa shape index (κ3) is 6.22. The Morgan fingerprint density at radius 1 is 1.02 bits per heavy atom. The fourth-order valence-electron chi connectivity index (χ4n) is 4.63. The van der Waals surface area contributed by atoms with Gasteiger partial charge >= 0.3 is 12.3 Å². The molecule has 1 aliphatic carbocycles. The second-order valence-corrected chi connectivity index (χ2v) is 9.66. The Morgan fingerprint density at radius 2 is 1.70 bits per heavy atom. The molecular formula is C28H23F5N4O3. The average molecular weight is 559 g/mol. The van der Waals surface area contributed by atoms with Crippen molar-refractivity contribution >= 4 is 22.7 Å². The lowest BCUT2D eigenvalue weighted by Gasteiger charge is -2.22. The fraction of sp³-hybridized carbons (Fsp3) is 0.250. The molecule has 3 N–H and O–H groups in total. The zero-order valence-electron chi connectivity index (χ0n) is 20.8. The summed E-state index contributed by atoms with van der Waals surface area (Å²) in [6.45, 7) is -1.32. The van der Waals surface area contributed by atoms with Gasteiger partial charge in [0.25, 0.3) is 5.56 Å². The van der Waals surface area contributed by atoms with Gasteiger partial charge in [-0.3, -0.25) is 9.36 Å². The van der Waals surface area contributed by atoms with Crippen molar-refractivity contribution in [1.82, 2.24) is 14.9 Å². The number of aromatic nitrogens is 2. The summed E-state index contributed by atoms with van der Waals surface area (Å²) in [5, 5.41) is 14.2. The van der Waals surface area contributed by atoms with E-state index in [2.05, 4.69) is 15.6 Å². The summed E-state index contributed by atoms with van der Waals surface area (Å²) >= 11 is 0. The molecule has 1 aromatic heterocycles. The van der Waals surface area contributed by atoms with Crippen molar-refractivity contribution in [2.45, 2.75) is 37.4 Å². The first-order valence-corrected chi connectivity index (χ1v) is 12.4. The second kappa shape index (κ2) is 10.6. The van der Waals surface area contributed by atoms with E-state index < -0.39 is 42.0 Å². The summed E-state index contributed by atoms with van der Waals surface area (Å²) in [7, 11) is 0. The van der Waals surface area contributed by atoms with Crippen LogP contribution < -0.4 is 16.2 Å². The Labute approximate surface area is 224 Å². The number of rotatable bonds is 8. The number of amides is 1. The molecule has 0 saturated heterocycles. The predicted molar refractivity (Wildman–Crippen MR) is 138 cm³/mol. The molecule has 1 amide bonds. The second-order valence-electron chi connectivity index (χ2n) is 9.66. The summed E-state index contributed by atoms with van der Waals surface area (Å²) in [4.78, 5) is 30.1. The Bertz CT molecular complexity index is 1610. The van der Waals surface area contributed by atoms with Crippen LogP contribution >= 0.6 is 0 Å². The lowest BCUT2D eigenvalue weighted by atomic mass is 10.0. The molecule has 5 rings (SSSR count). The minimum Gasteiger partial charge on any atom is -0.465 e. The number of carbonyl (C=O) groups is 1. The molecule has 40 heavy (non-hydrogen) atoms. The van der Waals surface area contributed by atoms with Crippen LogP contribution in [-0.2, 0) is 6.42 Å². The lowest BCUT2D eigenvalue weighted by molar-refractivity contribution is -0.115. The molecule has 1 unspecified atom stereocenters. The Kier molecular flexibility index (Phi) is 7.17. The van der Waals surface area contributed by atoms with Crippen LogP contribution in [0.4, 0.5) is 32.4 Å². The number of nitrogens with zero attached hydrogens (tertiary/aromatic N) is 2. The van der Waals surface area contributed by atoms with E-state index in [-0.39, 0.29) is 34.4 Å². The van der Waals surface area contributed by atoms with E-state index in [0.717, 1.165) is 30.5 Å². The first-order valence-electron chi connectivity index (χ1n) is 12.4. The van der Waals surface area contributed by atoms with Crippen LogP contribution in [0.25, 0.3) is 16.6 Å². The first-order chi connectivity index (χ1) is 19.0. The molecule has 1 saturated carbocycles. The number of carboxylic acid groups (broad SMARTS) is 1. The third-order valence-electron chi connectivity index (χ3n) is 6.56. The Hall–Kier alpha value is -4.48. The minimum absolute atomic E-state index is 0.0145. The van der Waals surface area contributed by atoms with E-state index in [4.69, 9.17) is 0 Å². The van der Waals surface area contributed by atoms with Gasteiger partial charge in [-0.1, -0.05) is 12.1 Å². The number of halogens is 5. The summed E-state index contributed by atoms with van der Waals surface area (Å²) < 4.78 is 67.3. The number of benzene rings is 3. The van der Waals surface area contributed by atoms with Crippen molar-refractivity contribution in [3.63, 3.8) is 0 Å². The maximum atomic E-state index is 13.9. The quantitative estimate of drug-likeness (QED) is 0.228. The largest absolute Gasteiger partial charge is 0.465 e. The Balaban J connectivity index is 1.67. The van der Waals surface area contributed by atoms with Crippen LogP contribution in [0.5, 0.6) is 0 Å². The van der Waals surface area contributed by atoms with Crippen LogP contribution in [0, 0.1) is 11.6 Å². The monoisotopic (exact) mass is 558 g/mol. The molecule has 7 nitrogen and oxygen atoms in total. The van der Waals surface area contributed by atoms with E-state index in [1.807, 2.05) is 12.1 Å². The molecular weight excluding hydrogens is 535 g/mol. The molecule has 4 aromatic rings. The lowest BCUT2D eigenvalue weighted by Crippen LogP contribution is -2.35. The SMILES string of the molecule is O=C(O)NC(Cc1cc(F)cc(F)c1)c1nc2cc(NCC(F)(F)F)ccc2c(=O)n1-c1ccc(C2CC2)cc1. The van der Waals surface area contributed by atoms with Crippen molar-refractivity contribution in [3.05, 3.63) is 99.6 Å². The molecule has 12 heteroatoms. The van der Waals surface area contributed by atoms with Crippen LogP contribution in [0.15, 0.2) is 65.5 Å². The highest BCUT2D eigenvalue weighted by atomic mass is 19.4. The standard InChI is InChI=1S/C28H23F5N4O3/c29-18-9-15(10-19(30)12-18)11-24(36-27(39)40)25-35-23-13-20(34-14-28(31,32)33)5-8-22(23)26(38)37(25)21-6-3-17(4-7-21)16-1-2-16/h3-10,12-13,16,24,34,36H,1-2,11,14H2,(H,39,40). The maximum Gasteiger partial charge on any atom is 0.405 e. The smallest absolute Gasteiger partial charge is 0.405 e. The van der Waals surface area contributed by atoms with Crippen molar-refractivity contribution < 1.29 is 31.9 Å². The van der Waals surface area contributed by atoms with Crippen LogP contribution in [0.1, 0.15) is 41.8 Å². The minimum atomic E-state index is -4.49. The highest BCUT2D eigenvalue weighted by Crippen LogP contribution is 2.40. The van der Waals surface area contributed by atoms with Gasteiger partial charge in [0.05, 0.1) is 22.6 Å². The third-order valence-corrected chi connectivity index (χ3v) is 6.56. The van der Waals surface area contributed by atoms with Gasteiger partial charge in [0.15, 0.2) is 0 Å². The molecule has 208 valence electrons. The predicted octanol–water partition coefficient (Wildman–Crippen LogP) is 6.07. The highest BCUT2D eigenvalue weighted by molar-refractivity contribution is 5.82. The molecule has 1 fully saturated rings. The molecule has 0 aliphatic heterocycles. The van der Waals surface area contributed by atoms with E-state index in [0.29, 0.717) is 17.7 Å². The molecule has 1 aliphatic rings. The van der Waals surface area contributed by atoms with Gasteiger partial charge in [0, 0.05) is 18.2 Å². The van der Waals surface area contributed by atoms with E-state index in [9.17, 15) is 36.6 Å². The number of anilines is 1. The molecule has 0 bridgehead atoms. The van der Waals surface area contributed by atoms with Crippen molar-refractivity contribution in [2.75, 3.05) is 11.9 Å². The maximum absolute atomic E-state index is 13.9. The van der Waals surface area contributed by atoms with Crippen molar-refractivity contribution in [2.24, 2.45) is 0 Å². The van der Waals surface area contributed by atoms with Gasteiger partial charge in [-0.25, -0.2) is 18.6 Å². The molecule has 3 aromatic carbocycles. The van der Waals surface area contributed by atoms with Gasteiger partial charge in [-0.15, -0.1) is 0 Å². The molecule has 1 atom stereocenters. The average Bonchev–Trinajstić information content (AvgIpc) is 3.71. The number of fused-ring (bicyclic) bond motifs is 1. The normalized spacial score (nSPS) is 14.2.